The Bertz CT molecular complexity index is 458. The second kappa shape index (κ2) is 5.67. The second-order valence-electron chi connectivity index (χ2n) is 3.91. The van der Waals surface area contributed by atoms with Crippen molar-refractivity contribution in [3.63, 3.8) is 0 Å². The number of amides is 1. The van der Waals surface area contributed by atoms with Gasteiger partial charge in [-0.1, -0.05) is 25.4 Å². The van der Waals surface area contributed by atoms with Gasteiger partial charge in [-0.05, 0) is 5.92 Å². The normalized spacial score (nSPS) is 12.3. The smallest absolute Gasteiger partial charge is 0.285 e. The Morgan fingerprint density at radius 3 is 2.71 bits per heavy atom. The van der Waals surface area contributed by atoms with Crippen molar-refractivity contribution in [1.29, 1.82) is 0 Å². The molecule has 94 valence electrons. The number of hydrogen-bond donors (Lipinski definition) is 3. The van der Waals surface area contributed by atoms with Gasteiger partial charge in [0.05, 0.1) is 11.9 Å². The van der Waals surface area contributed by atoms with E-state index < -0.39 is 11.6 Å². The highest BCUT2D eigenvalue weighted by atomic mass is 35.5. The van der Waals surface area contributed by atoms with Crippen molar-refractivity contribution in [2.24, 2.45) is 5.92 Å². The first kappa shape index (κ1) is 13.5. The quantitative estimate of drug-likeness (QED) is 0.738. The zero-order valence-corrected chi connectivity index (χ0v) is 10.6. The number of hydrogen-bond acceptors (Lipinski definition) is 4. The van der Waals surface area contributed by atoms with E-state index in [1.165, 1.54) is 6.20 Å². The molecule has 1 amide bonds. The van der Waals surface area contributed by atoms with Gasteiger partial charge < -0.3 is 10.6 Å². The molecule has 0 saturated heterocycles. The number of rotatable bonds is 4. The van der Waals surface area contributed by atoms with Crippen LogP contribution in [0.25, 0.3) is 0 Å². The molecule has 0 aliphatic carbocycles. The van der Waals surface area contributed by atoms with Crippen LogP contribution in [0, 0.1) is 5.92 Å². The van der Waals surface area contributed by atoms with Gasteiger partial charge in [-0.25, -0.2) is 5.10 Å². The number of aromatic amines is 1. The minimum Gasteiger partial charge on any atom is -0.371 e. The fraction of sp³-hybridized carbons (Fsp3) is 0.500. The second-order valence-corrected chi connectivity index (χ2v) is 4.29. The van der Waals surface area contributed by atoms with E-state index in [0.29, 0.717) is 5.69 Å². The molecule has 1 unspecified atom stereocenters. The molecule has 0 bridgehead atoms. The molecular formula is C10H15ClN4O2. The van der Waals surface area contributed by atoms with E-state index in [4.69, 9.17) is 11.6 Å². The number of aromatic nitrogens is 2. The van der Waals surface area contributed by atoms with Crippen LogP contribution < -0.4 is 16.2 Å². The number of nitrogens with one attached hydrogen (secondary N) is 3. The lowest BCUT2D eigenvalue weighted by Gasteiger charge is -2.21. The van der Waals surface area contributed by atoms with E-state index in [2.05, 4.69) is 20.8 Å². The summed E-state index contributed by atoms with van der Waals surface area (Å²) in [6.07, 6.45) is 1.38. The fourth-order valence-corrected chi connectivity index (χ4v) is 1.49. The maximum atomic E-state index is 11.6. The van der Waals surface area contributed by atoms with E-state index in [1.807, 2.05) is 13.8 Å². The summed E-state index contributed by atoms with van der Waals surface area (Å²) in [6.45, 7) is 3.78. The van der Waals surface area contributed by atoms with Crippen molar-refractivity contribution < 1.29 is 4.79 Å². The predicted octanol–water partition coefficient (Wildman–Crippen LogP) is 0.606. The Hall–Kier alpha value is -1.56. The summed E-state index contributed by atoms with van der Waals surface area (Å²) in [6, 6.07) is -0.471. The van der Waals surface area contributed by atoms with Crippen LogP contribution in [0.1, 0.15) is 13.8 Å². The minimum absolute atomic E-state index is 0.00504. The molecule has 1 aromatic rings. The molecule has 0 aromatic carbocycles. The fourth-order valence-electron chi connectivity index (χ4n) is 1.34. The van der Waals surface area contributed by atoms with Gasteiger partial charge >= 0.3 is 0 Å². The molecule has 1 rings (SSSR count). The molecule has 17 heavy (non-hydrogen) atoms. The Morgan fingerprint density at radius 1 is 1.53 bits per heavy atom. The first-order chi connectivity index (χ1) is 7.97. The van der Waals surface area contributed by atoms with E-state index >= 15 is 0 Å². The number of anilines is 1. The van der Waals surface area contributed by atoms with E-state index in [-0.39, 0.29) is 16.8 Å². The van der Waals surface area contributed by atoms with Gasteiger partial charge in [0.25, 0.3) is 5.56 Å². The predicted molar refractivity (Wildman–Crippen MR) is 66.2 cm³/mol. The van der Waals surface area contributed by atoms with Gasteiger partial charge in [0, 0.05) is 7.05 Å². The number of carbonyl (C=O) groups excluding carboxylic acids is 1. The zero-order valence-electron chi connectivity index (χ0n) is 9.87. The molecule has 1 atom stereocenters. The van der Waals surface area contributed by atoms with Crippen LogP contribution in [-0.2, 0) is 4.79 Å². The number of H-pyrrole nitrogens is 1. The molecule has 0 aliphatic heterocycles. The average Bonchev–Trinajstić information content (AvgIpc) is 2.29. The number of halogens is 1. The molecule has 6 nitrogen and oxygen atoms in total. The van der Waals surface area contributed by atoms with Crippen molar-refractivity contribution in [1.82, 2.24) is 15.5 Å². The molecule has 0 fully saturated rings. The number of nitrogens with zero attached hydrogens (tertiary/aromatic N) is 1. The molecule has 0 saturated carbocycles. The maximum Gasteiger partial charge on any atom is 0.285 e. The molecular weight excluding hydrogens is 244 g/mol. The SMILES string of the molecule is CNC(=O)C(Nc1cn[nH]c(=O)c1Cl)C(C)C. The third kappa shape index (κ3) is 3.20. The van der Waals surface area contributed by atoms with Gasteiger partial charge in [-0.2, -0.15) is 5.10 Å². The van der Waals surface area contributed by atoms with Crippen LogP contribution >= 0.6 is 11.6 Å². The van der Waals surface area contributed by atoms with Crippen LogP contribution in [0.3, 0.4) is 0 Å². The Balaban J connectivity index is 2.98. The van der Waals surface area contributed by atoms with Crippen LogP contribution in [0.2, 0.25) is 5.02 Å². The zero-order chi connectivity index (χ0) is 13.0. The monoisotopic (exact) mass is 258 g/mol. The molecule has 3 N–H and O–H groups in total. The molecule has 0 aliphatic rings. The highest BCUT2D eigenvalue weighted by Gasteiger charge is 2.22. The van der Waals surface area contributed by atoms with E-state index in [1.54, 1.807) is 7.05 Å². The van der Waals surface area contributed by atoms with Crippen molar-refractivity contribution >= 4 is 23.2 Å². The average molecular weight is 259 g/mol. The van der Waals surface area contributed by atoms with Crippen molar-refractivity contribution in [3.8, 4) is 0 Å². The van der Waals surface area contributed by atoms with Gasteiger partial charge in [-0.15, -0.1) is 0 Å². The summed E-state index contributed by atoms with van der Waals surface area (Å²) in [5.74, 6) is -0.123. The first-order valence-electron chi connectivity index (χ1n) is 5.18. The van der Waals surface area contributed by atoms with E-state index in [0.717, 1.165) is 0 Å². The van der Waals surface area contributed by atoms with Crippen LogP contribution in [0.5, 0.6) is 0 Å². The number of carbonyl (C=O) groups is 1. The van der Waals surface area contributed by atoms with Gasteiger partial charge in [0.1, 0.15) is 11.1 Å². The van der Waals surface area contributed by atoms with Crippen LogP contribution in [0.15, 0.2) is 11.0 Å². The topological polar surface area (TPSA) is 86.9 Å². The standard InChI is InChI=1S/C10H15ClN4O2/c1-5(2)8(10(17)12-3)14-6-4-13-15-9(16)7(6)11/h4-5,8H,1-3H3,(H,12,17)(H2,14,15,16). The van der Waals surface area contributed by atoms with Crippen LogP contribution in [0.4, 0.5) is 5.69 Å². The highest BCUT2D eigenvalue weighted by Crippen LogP contribution is 2.18. The lowest BCUT2D eigenvalue weighted by Crippen LogP contribution is -2.41. The molecule has 0 radical (unpaired) electrons. The summed E-state index contributed by atoms with van der Waals surface area (Å²) in [5.41, 5.74) is -0.145. The lowest BCUT2D eigenvalue weighted by atomic mass is 10.0. The summed E-state index contributed by atoms with van der Waals surface area (Å²) >= 11 is 5.81. The van der Waals surface area contributed by atoms with Gasteiger partial charge in [0.15, 0.2) is 0 Å². The Kier molecular flexibility index (Phi) is 4.51. The molecule has 1 heterocycles. The third-order valence-electron chi connectivity index (χ3n) is 2.30. The van der Waals surface area contributed by atoms with Gasteiger partial charge in [0.2, 0.25) is 5.91 Å². The minimum atomic E-state index is -0.490. The van der Waals surface area contributed by atoms with Crippen molar-refractivity contribution in [2.45, 2.75) is 19.9 Å². The first-order valence-corrected chi connectivity index (χ1v) is 5.56. The molecule has 7 heteroatoms. The van der Waals surface area contributed by atoms with Crippen LogP contribution in [-0.4, -0.2) is 29.2 Å². The lowest BCUT2D eigenvalue weighted by molar-refractivity contribution is -0.122. The van der Waals surface area contributed by atoms with Crippen molar-refractivity contribution in [3.05, 3.63) is 21.6 Å². The number of likely N-dealkylation sites (N-methyl/N-ethyl adjacent to an activating group) is 1. The summed E-state index contributed by atoms with van der Waals surface area (Å²) in [5, 5.41) is 11.3. The Morgan fingerprint density at radius 2 is 2.18 bits per heavy atom. The highest BCUT2D eigenvalue weighted by molar-refractivity contribution is 6.33. The third-order valence-corrected chi connectivity index (χ3v) is 2.68. The van der Waals surface area contributed by atoms with Gasteiger partial charge in [-0.3, -0.25) is 9.59 Å². The Labute approximate surface area is 104 Å². The molecule has 0 spiro atoms. The van der Waals surface area contributed by atoms with Crippen molar-refractivity contribution in [2.75, 3.05) is 12.4 Å². The summed E-state index contributed by atoms with van der Waals surface area (Å²) in [7, 11) is 1.55. The van der Waals surface area contributed by atoms with E-state index in [9.17, 15) is 9.59 Å². The largest absolute Gasteiger partial charge is 0.371 e. The molecule has 1 aromatic heterocycles. The summed E-state index contributed by atoms with van der Waals surface area (Å²) < 4.78 is 0. The maximum absolute atomic E-state index is 11.6. The summed E-state index contributed by atoms with van der Waals surface area (Å²) in [4.78, 5) is 22.9.